The van der Waals surface area contributed by atoms with Gasteiger partial charge in [-0.1, -0.05) is 0 Å². The Labute approximate surface area is 125 Å². The first kappa shape index (κ1) is 16.8. The molecule has 0 aromatic heterocycles. The van der Waals surface area contributed by atoms with Crippen LogP contribution < -0.4 is 19.7 Å². The van der Waals surface area contributed by atoms with Gasteiger partial charge >= 0.3 is 0 Å². The third-order valence-corrected chi connectivity index (χ3v) is 2.81. The molecular weight excluding hydrogens is 272 g/mol. The summed E-state index contributed by atoms with van der Waals surface area (Å²) in [6.45, 7) is 5.06. The van der Waals surface area contributed by atoms with Crippen LogP contribution in [0.1, 0.15) is 20.8 Å². The van der Waals surface area contributed by atoms with Gasteiger partial charge in [-0.15, -0.1) is 0 Å². The zero-order valence-corrected chi connectivity index (χ0v) is 13.1. The van der Waals surface area contributed by atoms with Crippen LogP contribution in [0.15, 0.2) is 18.2 Å². The Balaban J connectivity index is 3.10. The molecule has 0 atom stereocenters. The Morgan fingerprint density at radius 1 is 1.24 bits per heavy atom. The Hall–Kier alpha value is -2.24. The van der Waals surface area contributed by atoms with Gasteiger partial charge in [-0.25, -0.2) is 0 Å². The van der Waals surface area contributed by atoms with Gasteiger partial charge in [0.1, 0.15) is 18.0 Å². The van der Waals surface area contributed by atoms with Crippen LogP contribution in [0.25, 0.3) is 0 Å². The monoisotopic (exact) mass is 294 g/mol. The summed E-state index contributed by atoms with van der Waals surface area (Å²) in [5, 5.41) is 2.76. The Morgan fingerprint density at radius 3 is 2.38 bits per heavy atom. The van der Waals surface area contributed by atoms with E-state index in [4.69, 9.17) is 9.47 Å². The van der Waals surface area contributed by atoms with Crippen LogP contribution in [0.3, 0.4) is 0 Å². The van der Waals surface area contributed by atoms with Crippen molar-refractivity contribution in [2.75, 3.05) is 25.7 Å². The van der Waals surface area contributed by atoms with Crippen molar-refractivity contribution >= 4 is 17.5 Å². The minimum Gasteiger partial charge on any atom is -0.497 e. The fraction of sp³-hybridized carbons (Fsp3) is 0.467. The first-order chi connectivity index (χ1) is 9.88. The van der Waals surface area contributed by atoms with Crippen LogP contribution in [0.4, 0.5) is 5.69 Å². The summed E-state index contributed by atoms with van der Waals surface area (Å²) in [7, 11) is 3.05. The molecule has 0 heterocycles. The molecule has 0 bridgehead atoms. The Kier molecular flexibility index (Phi) is 6.02. The third-order valence-electron chi connectivity index (χ3n) is 2.81. The fourth-order valence-corrected chi connectivity index (χ4v) is 1.89. The lowest BCUT2D eigenvalue weighted by Gasteiger charge is -2.23. The highest BCUT2D eigenvalue weighted by Gasteiger charge is 2.20. The molecule has 0 aliphatic heterocycles. The van der Waals surface area contributed by atoms with Crippen molar-refractivity contribution in [3.05, 3.63) is 18.2 Å². The average molecular weight is 294 g/mol. The van der Waals surface area contributed by atoms with Crippen LogP contribution in [0, 0.1) is 0 Å². The number of anilines is 1. The number of hydrogen-bond donors (Lipinski definition) is 1. The lowest BCUT2D eigenvalue weighted by Crippen LogP contribution is -2.42. The SMILES string of the molecule is COc1ccc(OC)c(N(CC(=O)NC(C)C)C(C)=O)c1. The molecule has 6 heteroatoms. The predicted octanol–water partition coefficient (Wildman–Crippen LogP) is 1.58. The Morgan fingerprint density at radius 2 is 1.90 bits per heavy atom. The van der Waals surface area contributed by atoms with Crippen molar-refractivity contribution in [2.24, 2.45) is 0 Å². The summed E-state index contributed by atoms with van der Waals surface area (Å²) in [6.07, 6.45) is 0. The largest absolute Gasteiger partial charge is 0.497 e. The molecule has 1 rings (SSSR count). The molecule has 0 unspecified atom stereocenters. The van der Waals surface area contributed by atoms with Gasteiger partial charge in [-0.3, -0.25) is 14.5 Å². The summed E-state index contributed by atoms with van der Waals surface area (Å²) >= 11 is 0. The van der Waals surface area contributed by atoms with E-state index in [9.17, 15) is 9.59 Å². The minimum atomic E-state index is -0.250. The van der Waals surface area contributed by atoms with Gasteiger partial charge in [0.15, 0.2) is 0 Å². The molecule has 21 heavy (non-hydrogen) atoms. The maximum absolute atomic E-state index is 11.9. The minimum absolute atomic E-state index is 0.0125. The van der Waals surface area contributed by atoms with Crippen molar-refractivity contribution < 1.29 is 19.1 Å². The number of ether oxygens (including phenoxy) is 2. The van der Waals surface area contributed by atoms with Crippen molar-refractivity contribution in [1.82, 2.24) is 5.32 Å². The van der Waals surface area contributed by atoms with Crippen molar-refractivity contribution in [3.63, 3.8) is 0 Å². The normalized spacial score (nSPS) is 10.2. The zero-order valence-electron chi connectivity index (χ0n) is 13.1. The number of methoxy groups -OCH3 is 2. The highest BCUT2D eigenvalue weighted by molar-refractivity contribution is 5.98. The van der Waals surface area contributed by atoms with E-state index >= 15 is 0 Å². The number of nitrogens with one attached hydrogen (secondary N) is 1. The third kappa shape index (κ3) is 4.66. The van der Waals surface area contributed by atoms with Crippen LogP contribution in [0.2, 0.25) is 0 Å². The number of amides is 2. The summed E-state index contributed by atoms with van der Waals surface area (Å²) in [5.41, 5.74) is 0.503. The smallest absolute Gasteiger partial charge is 0.240 e. The number of carbonyl (C=O) groups is 2. The topological polar surface area (TPSA) is 67.9 Å². The second-order valence-corrected chi connectivity index (χ2v) is 4.87. The molecular formula is C15H22N2O4. The van der Waals surface area contributed by atoms with Gasteiger partial charge in [-0.05, 0) is 26.0 Å². The fourth-order valence-electron chi connectivity index (χ4n) is 1.89. The molecule has 0 spiro atoms. The highest BCUT2D eigenvalue weighted by Crippen LogP contribution is 2.32. The first-order valence-corrected chi connectivity index (χ1v) is 6.68. The van der Waals surface area contributed by atoms with Crippen LogP contribution >= 0.6 is 0 Å². The van der Waals surface area contributed by atoms with E-state index < -0.39 is 0 Å². The van der Waals surface area contributed by atoms with Gasteiger partial charge in [0.05, 0.1) is 19.9 Å². The van der Waals surface area contributed by atoms with E-state index in [1.165, 1.54) is 26.0 Å². The second kappa shape index (κ2) is 7.52. The summed E-state index contributed by atoms with van der Waals surface area (Å²) in [4.78, 5) is 25.2. The number of carbonyl (C=O) groups excluding carboxylic acids is 2. The van der Waals surface area contributed by atoms with Gasteiger partial charge < -0.3 is 14.8 Å². The molecule has 2 amide bonds. The maximum atomic E-state index is 11.9. The van der Waals surface area contributed by atoms with Crippen molar-refractivity contribution in [2.45, 2.75) is 26.8 Å². The molecule has 116 valence electrons. The van der Waals surface area contributed by atoms with Gasteiger partial charge in [0, 0.05) is 19.0 Å². The molecule has 0 saturated heterocycles. The maximum Gasteiger partial charge on any atom is 0.240 e. The van der Waals surface area contributed by atoms with E-state index in [1.807, 2.05) is 13.8 Å². The lowest BCUT2D eigenvalue weighted by molar-refractivity contribution is -0.123. The molecule has 1 aromatic carbocycles. The van der Waals surface area contributed by atoms with E-state index in [2.05, 4.69) is 5.32 Å². The molecule has 0 aliphatic carbocycles. The van der Waals surface area contributed by atoms with Crippen LogP contribution in [-0.2, 0) is 9.59 Å². The summed E-state index contributed by atoms with van der Waals surface area (Å²) < 4.78 is 10.4. The molecule has 1 aromatic rings. The predicted molar refractivity (Wildman–Crippen MR) is 80.9 cm³/mol. The zero-order chi connectivity index (χ0) is 16.0. The van der Waals surface area contributed by atoms with E-state index in [0.717, 1.165) is 0 Å². The van der Waals surface area contributed by atoms with Gasteiger partial charge in [0.25, 0.3) is 0 Å². The number of rotatable bonds is 6. The standard InChI is InChI=1S/C15H22N2O4/c1-10(2)16-15(19)9-17(11(3)18)13-8-12(20-4)6-7-14(13)21-5/h6-8,10H,9H2,1-5H3,(H,16,19). The van der Waals surface area contributed by atoms with E-state index in [-0.39, 0.29) is 24.4 Å². The first-order valence-electron chi connectivity index (χ1n) is 6.68. The summed E-state index contributed by atoms with van der Waals surface area (Å²) in [6, 6.07) is 5.11. The van der Waals surface area contributed by atoms with Crippen molar-refractivity contribution in [3.8, 4) is 11.5 Å². The quantitative estimate of drug-likeness (QED) is 0.865. The number of benzene rings is 1. The van der Waals surface area contributed by atoms with Crippen LogP contribution in [-0.4, -0.2) is 38.6 Å². The molecule has 0 aliphatic rings. The van der Waals surface area contributed by atoms with Crippen molar-refractivity contribution in [1.29, 1.82) is 0 Å². The number of nitrogens with zero attached hydrogens (tertiary/aromatic N) is 1. The number of hydrogen-bond acceptors (Lipinski definition) is 4. The van der Waals surface area contributed by atoms with Gasteiger partial charge in [-0.2, -0.15) is 0 Å². The van der Waals surface area contributed by atoms with Gasteiger partial charge in [0.2, 0.25) is 11.8 Å². The highest BCUT2D eigenvalue weighted by atomic mass is 16.5. The average Bonchev–Trinajstić information content (AvgIpc) is 2.43. The summed E-state index contributed by atoms with van der Waals surface area (Å²) in [5.74, 6) is 0.607. The second-order valence-electron chi connectivity index (χ2n) is 4.87. The molecule has 0 fully saturated rings. The molecule has 0 radical (unpaired) electrons. The molecule has 0 saturated carbocycles. The van der Waals surface area contributed by atoms with E-state index in [0.29, 0.717) is 17.2 Å². The van der Waals surface area contributed by atoms with Crippen LogP contribution in [0.5, 0.6) is 11.5 Å². The molecule has 6 nitrogen and oxygen atoms in total. The Bertz CT molecular complexity index is 514. The van der Waals surface area contributed by atoms with E-state index in [1.54, 1.807) is 18.2 Å². The molecule has 1 N–H and O–H groups in total. The lowest BCUT2D eigenvalue weighted by atomic mass is 10.2.